The highest BCUT2D eigenvalue weighted by atomic mass is 32.2. The Hall–Kier alpha value is -0.700. The Morgan fingerprint density at radius 1 is 0.828 bits per heavy atom. The van der Waals surface area contributed by atoms with E-state index < -0.39 is 33.4 Å². The number of rotatable bonds is 4. The standard InChI is InChI=1S/C10H17OS.C4HF9O3S/c11-9-5-1-2-6-10(9)12-7-3-4-8-12;5-1(6,3(9,10)11)2(7,8)4(12,13)17(14,15)16/h10H,1-8H2;(H,14,15,16)/q+1;/p-1. The second-order valence-electron chi connectivity index (χ2n) is 6.47. The summed E-state index contributed by atoms with van der Waals surface area (Å²) in [6.07, 6.45) is 0.160. The van der Waals surface area contributed by atoms with Gasteiger partial charge in [-0.15, -0.1) is 0 Å². The van der Waals surface area contributed by atoms with Gasteiger partial charge in [0.1, 0.15) is 11.5 Å². The number of carbonyl (C=O) groups is 1. The van der Waals surface area contributed by atoms with Crippen molar-refractivity contribution < 1.29 is 57.3 Å². The molecule has 2 rings (SSSR count). The van der Waals surface area contributed by atoms with Crippen molar-refractivity contribution in [2.45, 2.75) is 67.1 Å². The van der Waals surface area contributed by atoms with Crippen LogP contribution in [0.4, 0.5) is 39.5 Å². The van der Waals surface area contributed by atoms with E-state index in [9.17, 15) is 57.3 Å². The lowest BCUT2D eigenvalue weighted by molar-refractivity contribution is -0.382. The smallest absolute Gasteiger partial charge is 0.460 e. The Morgan fingerprint density at radius 2 is 1.31 bits per heavy atom. The molecule has 15 heteroatoms. The molecule has 0 radical (unpaired) electrons. The quantitative estimate of drug-likeness (QED) is 0.345. The molecule has 0 N–H and O–H groups in total. The predicted molar refractivity (Wildman–Crippen MR) is 84.2 cm³/mol. The van der Waals surface area contributed by atoms with Gasteiger partial charge in [0.2, 0.25) is 0 Å². The van der Waals surface area contributed by atoms with Crippen LogP contribution in [0.1, 0.15) is 38.5 Å². The molecule has 1 aliphatic heterocycles. The third-order valence-corrected chi connectivity index (χ3v) is 8.21. The van der Waals surface area contributed by atoms with Crippen molar-refractivity contribution in [3.8, 4) is 0 Å². The summed E-state index contributed by atoms with van der Waals surface area (Å²) in [4.78, 5) is 11.6. The molecule has 2 aliphatic rings. The summed E-state index contributed by atoms with van der Waals surface area (Å²) in [7, 11) is -6.91. The first-order valence-electron chi connectivity index (χ1n) is 8.22. The number of alkyl halides is 9. The Labute approximate surface area is 163 Å². The number of hydrogen-bond donors (Lipinski definition) is 0. The lowest BCUT2D eigenvalue weighted by Gasteiger charge is -2.34. The monoisotopic (exact) mass is 484 g/mol. The van der Waals surface area contributed by atoms with Crippen LogP contribution in [0.25, 0.3) is 0 Å². The second-order valence-corrected chi connectivity index (χ2v) is 10.4. The van der Waals surface area contributed by atoms with E-state index in [1.807, 2.05) is 0 Å². The number of hydrogen-bond acceptors (Lipinski definition) is 4. The van der Waals surface area contributed by atoms with E-state index in [2.05, 4.69) is 0 Å². The van der Waals surface area contributed by atoms with Crippen LogP contribution >= 0.6 is 0 Å². The SMILES string of the molecule is O=C1CCCCC1[S+]1CCCC1.O=S(=O)([O-])C(F)(F)C(F)(F)C(F)(F)C(F)(F)F. The van der Waals surface area contributed by atoms with Crippen LogP contribution in [0.2, 0.25) is 0 Å². The summed E-state index contributed by atoms with van der Waals surface area (Å²) in [6, 6.07) is 0. The molecule has 1 heterocycles. The van der Waals surface area contributed by atoms with Gasteiger partial charge in [0.05, 0.1) is 0 Å². The van der Waals surface area contributed by atoms with Gasteiger partial charge in [0.15, 0.2) is 21.2 Å². The van der Waals surface area contributed by atoms with Crippen LogP contribution in [-0.2, 0) is 25.8 Å². The van der Waals surface area contributed by atoms with E-state index in [1.54, 1.807) is 0 Å². The van der Waals surface area contributed by atoms with E-state index in [1.165, 1.54) is 37.2 Å². The minimum Gasteiger partial charge on any atom is -0.743 e. The molecule has 1 atom stereocenters. The van der Waals surface area contributed by atoms with Gasteiger partial charge < -0.3 is 4.55 Å². The first-order chi connectivity index (χ1) is 12.9. The van der Waals surface area contributed by atoms with Gasteiger partial charge in [-0.3, -0.25) is 4.79 Å². The van der Waals surface area contributed by atoms with Gasteiger partial charge in [0.25, 0.3) is 0 Å². The summed E-state index contributed by atoms with van der Waals surface area (Å²) < 4.78 is 135. The molecule has 29 heavy (non-hydrogen) atoms. The lowest BCUT2D eigenvalue weighted by atomic mass is 9.99. The molecule has 0 aromatic rings. The number of carbonyl (C=O) groups excluding carboxylic acids is 1. The maximum absolute atomic E-state index is 12.2. The number of Topliss-reactive ketones (excluding diaryl/α,β-unsaturated/α-hetero) is 1. The van der Waals surface area contributed by atoms with Crippen molar-refractivity contribution >= 4 is 26.8 Å². The van der Waals surface area contributed by atoms with Crippen LogP contribution in [0, 0.1) is 0 Å². The maximum atomic E-state index is 12.2. The van der Waals surface area contributed by atoms with Gasteiger partial charge >= 0.3 is 23.3 Å². The number of halogens is 9. The van der Waals surface area contributed by atoms with E-state index in [0.29, 0.717) is 21.9 Å². The van der Waals surface area contributed by atoms with E-state index in [4.69, 9.17) is 0 Å². The summed E-state index contributed by atoms with van der Waals surface area (Å²) >= 11 is 0. The van der Waals surface area contributed by atoms with Crippen LogP contribution in [0.15, 0.2) is 0 Å². The van der Waals surface area contributed by atoms with Crippen molar-refractivity contribution in [3.05, 3.63) is 0 Å². The molecule has 0 amide bonds. The minimum absolute atomic E-state index is 0.501. The topological polar surface area (TPSA) is 74.3 Å². The average molecular weight is 484 g/mol. The van der Waals surface area contributed by atoms with Crippen LogP contribution in [-0.4, -0.2) is 58.8 Å². The zero-order valence-electron chi connectivity index (χ0n) is 14.6. The highest BCUT2D eigenvalue weighted by molar-refractivity contribution is 7.98. The third kappa shape index (κ3) is 5.32. The fourth-order valence-corrected chi connectivity index (χ4v) is 6.14. The Bertz CT molecular complexity index is 686. The predicted octanol–water partition coefficient (Wildman–Crippen LogP) is 3.87. The molecule has 4 nitrogen and oxygen atoms in total. The number of ketones is 1. The molecule has 2 fully saturated rings. The molecule has 1 aliphatic carbocycles. The molecule has 1 unspecified atom stereocenters. The van der Waals surface area contributed by atoms with Crippen molar-refractivity contribution in [2.24, 2.45) is 0 Å². The minimum atomic E-state index is -7.43. The Kier molecular flexibility index (Phi) is 8.00. The molecule has 1 saturated carbocycles. The van der Waals surface area contributed by atoms with Crippen molar-refractivity contribution in [2.75, 3.05) is 11.5 Å². The first-order valence-corrected chi connectivity index (χ1v) is 11.3. The molecule has 0 bridgehead atoms. The molecular formula is C14H17F9O4S2. The third-order valence-electron chi connectivity index (χ3n) is 4.39. The van der Waals surface area contributed by atoms with Gasteiger partial charge in [-0.25, -0.2) is 8.42 Å². The van der Waals surface area contributed by atoms with E-state index in [0.717, 1.165) is 12.8 Å². The van der Waals surface area contributed by atoms with Gasteiger partial charge in [-0.1, -0.05) is 0 Å². The van der Waals surface area contributed by atoms with Gasteiger partial charge in [-0.2, -0.15) is 39.5 Å². The molecule has 1 saturated heterocycles. The summed E-state index contributed by atoms with van der Waals surface area (Å²) in [6.45, 7) is 0. The normalized spacial score (nSPS) is 23.0. The van der Waals surface area contributed by atoms with Crippen molar-refractivity contribution in [1.82, 2.24) is 0 Å². The molecular weight excluding hydrogens is 467 g/mol. The summed E-state index contributed by atoms with van der Waals surface area (Å²) in [5, 5.41) is -6.61. The summed E-state index contributed by atoms with van der Waals surface area (Å²) in [5.74, 6) is -11.5. The zero-order valence-corrected chi connectivity index (χ0v) is 16.2. The largest absolute Gasteiger partial charge is 0.743 e. The molecule has 0 aromatic carbocycles. The van der Waals surface area contributed by atoms with Crippen LogP contribution in [0.5, 0.6) is 0 Å². The molecule has 172 valence electrons. The fraction of sp³-hybridized carbons (Fsp3) is 0.929. The van der Waals surface area contributed by atoms with E-state index in [-0.39, 0.29) is 0 Å². The van der Waals surface area contributed by atoms with E-state index >= 15 is 0 Å². The van der Waals surface area contributed by atoms with Crippen molar-refractivity contribution in [1.29, 1.82) is 0 Å². The zero-order chi connectivity index (χ0) is 22.9. The lowest BCUT2D eigenvalue weighted by Crippen LogP contribution is -2.63. The highest BCUT2D eigenvalue weighted by Crippen LogP contribution is 2.54. The first kappa shape index (κ1) is 26.3. The van der Waals surface area contributed by atoms with Crippen LogP contribution in [0.3, 0.4) is 0 Å². The Morgan fingerprint density at radius 3 is 1.69 bits per heavy atom. The van der Waals surface area contributed by atoms with Gasteiger partial charge in [-0.05, 0) is 36.6 Å². The summed E-state index contributed by atoms with van der Waals surface area (Å²) in [5.41, 5.74) is 0. The highest BCUT2D eigenvalue weighted by Gasteiger charge is 2.83. The Balaban J connectivity index is 0.000000304. The second kappa shape index (κ2) is 8.81. The molecule has 0 aromatic heterocycles. The average Bonchev–Trinajstić information content (AvgIpc) is 3.07. The van der Waals surface area contributed by atoms with Crippen LogP contribution < -0.4 is 0 Å². The molecule has 0 spiro atoms. The van der Waals surface area contributed by atoms with Crippen molar-refractivity contribution in [3.63, 3.8) is 0 Å². The maximum Gasteiger partial charge on any atom is 0.460 e. The van der Waals surface area contributed by atoms with Gasteiger partial charge in [0, 0.05) is 12.8 Å². The fourth-order valence-electron chi connectivity index (χ4n) is 2.78.